The van der Waals surface area contributed by atoms with Gasteiger partial charge in [0.2, 0.25) is 0 Å². The summed E-state index contributed by atoms with van der Waals surface area (Å²) >= 11 is 5.24. The molecule has 2 rings (SSSR count). The summed E-state index contributed by atoms with van der Waals surface area (Å²) in [7, 11) is 0. The third-order valence-corrected chi connectivity index (χ3v) is 4.64. The number of rotatable bonds is 5. The Labute approximate surface area is 127 Å². The number of pyridine rings is 1. The molecule has 0 aliphatic heterocycles. The molecule has 1 aromatic heterocycles. The van der Waals surface area contributed by atoms with Gasteiger partial charge in [-0.1, -0.05) is 43.8 Å². The van der Waals surface area contributed by atoms with Crippen LogP contribution >= 0.6 is 27.7 Å². The highest BCUT2D eigenvalue weighted by atomic mass is 79.9. The first-order chi connectivity index (χ1) is 9.16. The van der Waals surface area contributed by atoms with Crippen LogP contribution in [0.1, 0.15) is 19.4 Å². The van der Waals surface area contributed by atoms with E-state index in [9.17, 15) is 0 Å². The SMILES string of the molecule is CC(C)NCc1ccccc1Sc1ncccc1Br. The average Bonchev–Trinajstić information content (AvgIpc) is 2.40. The van der Waals surface area contributed by atoms with Crippen molar-refractivity contribution >= 4 is 27.7 Å². The van der Waals surface area contributed by atoms with Gasteiger partial charge in [0.25, 0.3) is 0 Å². The molecule has 0 bridgehead atoms. The summed E-state index contributed by atoms with van der Waals surface area (Å²) in [4.78, 5) is 5.65. The number of halogens is 1. The van der Waals surface area contributed by atoms with E-state index in [2.05, 4.69) is 64.3 Å². The second kappa shape index (κ2) is 7.08. The molecular weight excluding hydrogens is 320 g/mol. The predicted molar refractivity (Wildman–Crippen MR) is 84.5 cm³/mol. The average molecular weight is 337 g/mol. The fourth-order valence-corrected chi connectivity index (χ4v) is 3.02. The second-order valence-electron chi connectivity index (χ2n) is 4.54. The summed E-state index contributed by atoms with van der Waals surface area (Å²) in [6, 6.07) is 12.9. The Kier molecular flexibility index (Phi) is 5.43. The summed E-state index contributed by atoms with van der Waals surface area (Å²) in [6.07, 6.45) is 1.82. The van der Waals surface area contributed by atoms with Gasteiger partial charge in [-0.15, -0.1) is 0 Å². The molecule has 19 heavy (non-hydrogen) atoms. The van der Waals surface area contributed by atoms with E-state index in [1.807, 2.05) is 18.3 Å². The van der Waals surface area contributed by atoms with Crippen molar-refractivity contribution in [1.82, 2.24) is 10.3 Å². The van der Waals surface area contributed by atoms with Crippen molar-refractivity contribution in [3.05, 3.63) is 52.6 Å². The second-order valence-corrected chi connectivity index (χ2v) is 6.42. The normalized spacial score (nSPS) is 10.9. The van der Waals surface area contributed by atoms with Gasteiger partial charge in [0.05, 0.1) is 4.47 Å². The molecule has 0 fully saturated rings. The van der Waals surface area contributed by atoms with Crippen molar-refractivity contribution in [2.24, 2.45) is 0 Å². The number of hydrogen-bond acceptors (Lipinski definition) is 3. The molecule has 2 aromatic rings. The number of benzene rings is 1. The van der Waals surface area contributed by atoms with E-state index in [1.54, 1.807) is 11.8 Å². The molecule has 2 nitrogen and oxygen atoms in total. The lowest BCUT2D eigenvalue weighted by atomic mass is 10.2. The van der Waals surface area contributed by atoms with E-state index >= 15 is 0 Å². The van der Waals surface area contributed by atoms with Gasteiger partial charge in [-0.2, -0.15) is 0 Å². The third-order valence-electron chi connectivity index (χ3n) is 2.60. The number of hydrogen-bond donors (Lipinski definition) is 1. The molecule has 0 unspecified atom stereocenters. The summed E-state index contributed by atoms with van der Waals surface area (Å²) in [5, 5.41) is 4.46. The number of aromatic nitrogens is 1. The van der Waals surface area contributed by atoms with E-state index in [4.69, 9.17) is 0 Å². The van der Waals surface area contributed by atoms with Crippen LogP contribution < -0.4 is 5.32 Å². The lowest BCUT2D eigenvalue weighted by Crippen LogP contribution is -2.22. The lowest BCUT2D eigenvalue weighted by molar-refractivity contribution is 0.585. The highest BCUT2D eigenvalue weighted by molar-refractivity contribution is 9.10. The molecule has 0 spiro atoms. The minimum atomic E-state index is 0.486. The zero-order valence-corrected chi connectivity index (χ0v) is 13.5. The molecule has 1 N–H and O–H groups in total. The van der Waals surface area contributed by atoms with Gasteiger partial charge in [0.1, 0.15) is 5.03 Å². The number of nitrogens with one attached hydrogen (secondary N) is 1. The van der Waals surface area contributed by atoms with Gasteiger partial charge in [0, 0.05) is 23.7 Å². The molecule has 100 valence electrons. The van der Waals surface area contributed by atoms with E-state index in [0.717, 1.165) is 16.0 Å². The first kappa shape index (κ1) is 14.6. The van der Waals surface area contributed by atoms with Crippen molar-refractivity contribution < 1.29 is 0 Å². The van der Waals surface area contributed by atoms with E-state index in [-0.39, 0.29) is 0 Å². The van der Waals surface area contributed by atoms with Crippen LogP contribution in [0.15, 0.2) is 57.0 Å². The van der Waals surface area contributed by atoms with Crippen LogP contribution in [0, 0.1) is 0 Å². The minimum Gasteiger partial charge on any atom is -0.310 e. The fourth-order valence-electron chi connectivity index (χ4n) is 1.61. The zero-order valence-electron chi connectivity index (χ0n) is 11.1. The Morgan fingerprint density at radius 1 is 1.21 bits per heavy atom. The maximum absolute atomic E-state index is 4.41. The summed E-state index contributed by atoms with van der Waals surface area (Å²) in [5.74, 6) is 0. The fraction of sp³-hybridized carbons (Fsp3) is 0.267. The Bertz CT molecular complexity index is 543. The molecule has 0 aliphatic rings. The van der Waals surface area contributed by atoms with E-state index < -0.39 is 0 Å². The highest BCUT2D eigenvalue weighted by Gasteiger charge is 2.07. The molecule has 0 amide bonds. The standard InChI is InChI=1S/C15H17BrN2S/c1-11(2)18-10-12-6-3-4-8-14(12)19-15-13(16)7-5-9-17-15/h3-9,11,18H,10H2,1-2H3. The van der Waals surface area contributed by atoms with Crippen LogP contribution in [0.2, 0.25) is 0 Å². The lowest BCUT2D eigenvalue weighted by Gasteiger charge is -2.12. The van der Waals surface area contributed by atoms with Crippen LogP contribution in [0.25, 0.3) is 0 Å². The van der Waals surface area contributed by atoms with Crippen molar-refractivity contribution in [2.75, 3.05) is 0 Å². The van der Waals surface area contributed by atoms with Gasteiger partial charge in [-0.25, -0.2) is 4.98 Å². The Hall–Kier alpha value is -0.840. The molecule has 0 saturated heterocycles. The van der Waals surface area contributed by atoms with Crippen LogP contribution in [0.5, 0.6) is 0 Å². The molecule has 0 atom stereocenters. The van der Waals surface area contributed by atoms with Gasteiger partial charge in [-0.3, -0.25) is 0 Å². The van der Waals surface area contributed by atoms with Crippen molar-refractivity contribution in [3.8, 4) is 0 Å². The predicted octanol–water partition coefficient (Wildman–Crippen LogP) is 4.49. The number of nitrogens with zero attached hydrogens (tertiary/aromatic N) is 1. The Morgan fingerprint density at radius 2 is 2.00 bits per heavy atom. The quantitative estimate of drug-likeness (QED) is 0.870. The van der Waals surface area contributed by atoms with E-state index in [0.29, 0.717) is 6.04 Å². The highest BCUT2D eigenvalue weighted by Crippen LogP contribution is 2.33. The van der Waals surface area contributed by atoms with Crippen LogP contribution in [0.4, 0.5) is 0 Å². The largest absolute Gasteiger partial charge is 0.310 e. The molecule has 4 heteroatoms. The van der Waals surface area contributed by atoms with Gasteiger partial charge in [0.15, 0.2) is 0 Å². The molecule has 0 saturated carbocycles. The summed E-state index contributed by atoms with van der Waals surface area (Å²) in [6.45, 7) is 5.20. The maximum atomic E-state index is 4.41. The van der Waals surface area contributed by atoms with Gasteiger partial charge < -0.3 is 5.32 Å². The van der Waals surface area contributed by atoms with E-state index in [1.165, 1.54) is 10.5 Å². The Morgan fingerprint density at radius 3 is 2.74 bits per heavy atom. The topological polar surface area (TPSA) is 24.9 Å². The van der Waals surface area contributed by atoms with Gasteiger partial charge >= 0.3 is 0 Å². The molecular formula is C15H17BrN2S. The van der Waals surface area contributed by atoms with Crippen molar-refractivity contribution in [3.63, 3.8) is 0 Å². The monoisotopic (exact) mass is 336 g/mol. The maximum Gasteiger partial charge on any atom is 0.115 e. The summed E-state index contributed by atoms with van der Waals surface area (Å²) < 4.78 is 1.03. The van der Waals surface area contributed by atoms with Crippen LogP contribution in [0.3, 0.4) is 0 Å². The summed E-state index contributed by atoms with van der Waals surface area (Å²) in [5.41, 5.74) is 1.30. The first-order valence-corrected chi connectivity index (χ1v) is 7.87. The Balaban J connectivity index is 2.18. The van der Waals surface area contributed by atoms with Crippen LogP contribution in [-0.2, 0) is 6.54 Å². The van der Waals surface area contributed by atoms with Gasteiger partial charge in [-0.05, 0) is 39.7 Å². The van der Waals surface area contributed by atoms with Crippen LogP contribution in [-0.4, -0.2) is 11.0 Å². The minimum absolute atomic E-state index is 0.486. The van der Waals surface area contributed by atoms with Crippen molar-refractivity contribution in [1.29, 1.82) is 0 Å². The smallest absolute Gasteiger partial charge is 0.115 e. The molecule has 0 aliphatic carbocycles. The molecule has 1 heterocycles. The van der Waals surface area contributed by atoms with Crippen molar-refractivity contribution in [2.45, 2.75) is 36.4 Å². The molecule has 1 aromatic carbocycles. The zero-order chi connectivity index (χ0) is 13.7. The first-order valence-electron chi connectivity index (χ1n) is 6.26. The molecule has 0 radical (unpaired) electrons. The third kappa shape index (κ3) is 4.34.